The Hall–Kier alpha value is -1.10. The van der Waals surface area contributed by atoms with Crippen LogP contribution < -0.4 is 0 Å². The van der Waals surface area contributed by atoms with Gasteiger partial charge >= 0.3 is 11.9 Å². The lowest BCUT2D eigenvalue weighted by Gasteiger charge is -1.83. The predicted molar refractivity (Wildman–Crippen MR) is 28.5 cm³/mol. The molecule has 1 aliphatic heterocycles. The molecule has 0 spiro atoms. The van der Waals surface area contributed by atoms with E-state index in [-0.39, 0.29) is 6.42 Å². The van der Waals surface area contributed by atoms with E-state index in [4.69, 9.17) is 10.2 Å². The third kappa shape index (κ3) is 1.44. The van der Waals surface area contributed by atoms with Crippen LogP contribution in [0, 0.1) is 0 Å². The smallest absolute Gasteiger partial charge is 0.335 e. The zero-order chi connectivity index (χ0) is 7.72. The molecule has 0 aromatic heterocycles. The van der Waals surface area contributed by atoms with E-state index >= 15 is 0 Å². The van der Waals surface area contributed by atoms with Crippen LogP contribution in [-0.4, -0.2) is 34.4 Å². The van der Waals surface area contributed by atoms with Gasteiger partial charge in [-0.1, -0.05) is 0 Å². The highest BCUT2D eigenvalue weighted by molar-refractivity contribution is 5.78. The highest BCUT2D eigenvalue weighted by Crippen LogP contribution is 2.24. The molecule has 1 fully saturated rings. The van der Waals surface area contributed by atoms with E-state index in [9.17, 15) is 9.59 Å². The quantitative estimate of drug-likeness (QED) is 0.514. The Labute approximate surface area is 56.2 Å². The topological polar surface area (TPSA) is 87.1 Å². The molecule has 2 N–H and O–H groups in total. The van der Waals surface area contributed by atoms with E-state index in [1.807, 2.05) is 0 Å². The van der Waals surface area contributed by atoms with E-state index in [1.165, 1.54) is 0 Å². The maximum Gasteiger partial charge on any atom is 0.335 e. The van der Waals surface area contributed by atoms with Crippen LogP contribution in [0.1, 0.15) is 6.42 Å². The molecular weight excluding hydrogens is 140 g/mol. The van der Waals surface area contributed by atoms with Crippen molar-refractivity contribution in [1.82, 2.24) is 0 Å². The Bertz CT molecular complexity index is 175. The summed E-state index contributed by atoms with van der Waals surface area (Å²) in [6.07, 6.45) is -1.73. The van der Waals surface area contributed by atoms with E-state index in [1.54, 1.807) is 0 Å². The lowest BCUT2D eigenvalue weighted by atomic mass is 10.2. The molecule has 0 bridgehead atoms. The average Bonchev–Trinajstić information content (AvgIpc) is 2.43. The molecule has 0 radical (unpaired) electrons. The van der Waals surface area contributed by atoms with E-state index in [0.717, 1.165) is 0 Å². The minimum Gasteiger partial charge on any atom is -0.481 e. The number of hydrogen-bond donors (Lipinski definition) is 2. The Kier molecular flexibility index (Phi) is 1.58. The second-order valence-electron chi connectivity index (χ2n) is 2.03. The second-order valence-corrected chi connectivity index (χ2v) is 2.03. The van der Waals surface area contributed by atoms with Crippen molar-refractivity contribution in [3.05, 3.63) is 0 Å². The molecule has 56 valence electrons. The monoisotopic (exact) mass is 146 g/mol. The fraction of sp³-hybridized carbons (Fsp3) is 0.600. The molecule has 1 rings (SSSR count). The van der Waals surface area contributed by atoms with Gasteiger partial charge in [-0.05, 0) is 0 Å². The molecule has 0 aromatic rings. The standard InChI is InChI=1S/C5H6O5/c6-3(7)1-2-4(10-2)5(8)9/h2,4H,1H2,(H,6,7)(H,8,9)/t2-,4?/m0/s1. The van der Waals surface area contributed by atoms with E-state index in [0.29, 0.717) is 0 Å². The summed E-state index contributed by atoms with van der Waals surface area (Å²) in [6.45, 7) is 0. The number of hydrogen-bond acceptors (Lipinski definition) is 3. The first-order valence-electron chi connectivity index (χ1n) is 2.71. The molecule has 2 atom stereocenters. The van der Waals surface area contributed by atoms with Crippen LogP contribution >= 0.6 is 0 Å². The van der Waals surface area contributed by atoms with Crippen molar-refractivity contribution in [2.24, 2.45) is 0 Å². The summed E-state index contributed by atoms with van der Waals surface area (Å²) >= 11 is 0. The first-order chi connectivity index (χ1) is 4.61. The van der Waals surface area contributed by atoms with Gasteiger partial charge in [0.2, 0.25) is 0 Å². The van der Waals surface area contributed by atoms with Crippen molar-refractivity contribution < 1.29 is 24.5 Å². The van der Waals surface area contributed by atoms with E-state index in [2.05, 4.69) is 4.74 Å². The van der Waals surface area contributed by atoms with Crippen LogP contribution in [0.5, 0.6) is 0 Å². The number of carbonyl (C=O) groups is 2. The number of aliphatic carboxylic acids is 2. The van der Waals surface area contributed by atoms with Crippen LogP contribution in [0.15, 0.2) is 0 Å². The number of ether oxygens (including phenoxy) is 1. The summed E-state index contributed by atoms with van der Waals surface area (Å²) in [5.74, 6) is -2.12. The Morgan fingerprint density at radius 1 is 1.40 bits per heavy atom. The van der Waals surface area contributed by atoms with Gasteiger partial charge in [0.15, 0.2) is 6.10 Å². The largest absolute Gasteiger partial charge is 0.481 e. The SMILES string of the molecule is O=C(O)C[C@@H]1OC1C(=O)O. The fourth-order valence-electron chi connectivity index (χ4n) is 0.687. The summed E-state index contributed by atoms with van der Waals surface area (Å²) < 4.78 is 4.51. The van der Waals surface area contributed by atoms with Gasteiger partial charge in [0.1, 0.15) is 6.10 Å². The van der Waals surface area contributed by atoms with E-state index < -0.39 is 24.1 Å². The van der Waals surface area contributed by atoms with Crippen molar-refractivity contribution in [3.8, 4) is 0 Å². The number of carboxylic acid groups (broad SMARTS) is 2. The van der Waals surface area contributed by atoms with Gasteiger partial charge in [-0.3, -0.25) is 4.79 Å². The third-order valence-electron chi connectivity index (χ3n) is 1.20. The van der Waals surface area contributed by atoms with Crippen molar-refractivity contribution >= 4 is 11.9 Å². The van der Waals surface area contributed by atoms with Crippen molar-refractivity contribution in [2.45, 2.75) is 18.6 Å². The highest BCUT2D eigenvalue weighted by atomic mass is 16.6. The Morgan fingerprint density at radius 3 is 2.30 bits per heavy atom. The maximum atomic E-state index is 10.0. The molecule has 0 amide bonds. The molecule has 5 nitrogen and oxygen atoms in total. The molecule has 1 aliphatic rings. The first kappa shape index (κ1) is 7.01. The number of carboxylic acids is 2. The average molecular weight is 146 g/mol. The summed E-state index contributed by atoms with van der Waals surface area (Å²) in [6, 6.07) is 0. The predicted octanol–water partition coefficient (Wildman–Crippen LogP) is -0.687. The molecule has 0 saturated carbocycles. The molecule has 5 heteroatoms. The maximum absolute atomic E-state index is 10.0. The van der Waals surface area contributed by atoms with Crippen LogP contribution in [0.25, 0.3) is 0 Å². The number of rotatable bonds is 3. The van der Waals surface area contributed by atoms with Gasteiger partial charge in [-0.2, -0.15) is 0 Å². The summed E-state index contributed by atoms with van der Waals surface area (Å²) in [7, 11) is 0. The van der Waals surface area contributed by atoms with Crippen molar-refractivity contribution in [3.63, 3.8) is 0 Å². The fourth-order valence-corrected chi connectivity index (χ4v) is 0.687. The van der Waals surface area contributed by atoms with Crippen LogP contribution in [0.3, 0.4) is 0 Å². The van der Waals surface area contributed by atoms with Crippen molar-refractivity contribution in [2.75, 3.05) is 0 Å². The number of epoxide rings is 1. The third-order valence-corrected chi connectivity index (χ3v) is 1.20. The Morgan fingerprint density at radius 2 is 2.00 bits per heavy atom. The second kappa shape index (κ2) is 2.26. The van der Waals surface area contributed by atoms with Gasteiger partial charge in [-0.15, -0.1) is 0 Å². The summed E-state index contributed by atoms with van der Waals surface area (Å²) in [4.78, 5) is 20.0. The molecule has 0 aromatic carbocycles. The molecule has 1 heterocycles. The van der Waals surface area contributed by atoms with Crippen molar-refractivity contribution in [1.29, 1.82) is 0 Å². The molecular formula is C5H6O5. The molecule has 0 aliphatic carbocycles. The minimum atomic E-state index is -1.09. The van der Waals surface area contributed by atoms with Gasteiger partial charge in [0.25, 0.3) is 0 Å². The summed E-state index contributed by atoms with van der Waals surface area (Å²) in [5.41, 5.74) is 0. The Balaban J connectivity index is 2.26. The highest BCUT2D eigenvalue weighted by Gasteiger charge is 2.46. The molecule has 10 heavy (non-hydrogen) atoms. The normalized spacial score (nSPS) is 29.6. The molecule has 1 unspecified atom stereocenters. The molecule has 1 saturated heterocycles. The lowest BCUT2D eigenvalue weighted by molar-refractivity contribution is -0.138. The summed E-state index contributed by atoms with van der Waals surface area (Å²) in [5, 5.41) is 16.4. The first-order valence-corrected chi connectivity index (χ1v) is 2.71. The minimum absolute atomic E-state index is 0.225. The zero-order valence-electron chi connectivity index (χ0n) is 4.98. The van der Waals surface area contributed by atoms with Gasteiger partial charge < -0.3 is 14.9 Å². The zero-order valence-corrected chi connectivity index (χ0v) is 4.98. The van der Waals surface area contributed by atoms with Crippen LogP contribution in [0.2, 0.25) is 0 Å². The lowest BCUT2D eigenvalue weighted by Crippen LogP contribution is -2.10. The van der Waals surface area contributed by atoms with Gasteiger partial charge in [0.05, 0.1) is 6.42 Å². The van der Waals surface area contributed by atoms with Crippen LogP contribution in [-0.2, 0) is 14.3 Å². The van der Waals surface area contributed by atoms with Crippen LogP contribution in [0.4, 0.5) is 0 Å². The van der Waals surface area contributed by atoms with Gasteiger partial charge in [-0.25, -0.2) is 4.79 Å². The van der Waals surface area contributed by atoms with Gasteiger partial charge in [0, 0.05) is 0 Å².